The average Bonchev–Trinajstić information content (AvgIpc) is 2.70. The van der Waals surface area contributed by atoms with Gasteiger partial charge < -0.3 is 10.2 Å². The molecule has 2 aromatic rings. The number of sulfonamides is 1. The molecule has 28 heavy (non-hydrogen) atoms. The van der Waals surface area contributed by atoms with Crippen LogP contribution in [0.25, 0.3) is 6.08 Å². The maximum atomic E-state index is 12.6. The van der Waals surface area contributed by atoms with Gasteiger partial charge in [0.15, 0.2) is 5.11 Å². The highest BCUT2D eigenvalue weighted by atomic mass is 32.2. The van der Waals surface area contributed by atoms with Gasteiger partial charge in [0.1, 0.15) is 0 Å². The molecule has 1 heterocycles. The average molecular weight is 416 g/mol. The fourth-order valence-corrected chi connectivity index (χ4v) is 4.49. The zero-order valence-corrected chi connectivity index (χ0v) is 17.8. The number of benzene rings is 2. The Labute approximate surface area is 172 Å². The minimum Gasteiger partial charge on any atom is -0.346 e. The van der Waals surface area contributed by atoms with E-state index >= 15 is 0 Å². The third-order valence-corrected chi connectivity index (χ3v) is 6.68. The first-order valence-electron chi connectivity index (χ1n) is 9.21. The van der Waals surface area contributed by atoms with Crippen LogP contribution in [0.4, 0.5) is 5.69 Å². The molecule has 1 fully saturated rings. The van der Waals surface area contributed by atoms with Crippen LogP contribution >= 0.6 is 12.2 Å². The number of thiocarbonyl (C=S) groups is 1. The lowest BCUT2D eigenvalue weighted by Crippen LogP contribution is -2.51. The van der Waals surface area contributed by atoms with E-state index in [0.29, 0.717) is 31.3 Å². The van der Waals surface area contributed by atoms with Gasteiger partial charge in [0.2, 0.25) is 10.0 Å². The zero-order valence-electron chi connectivity index (χ0n) is 16.1. The van der Waals surface area contributed by atoms with Gasteiger partial charge >= 0.3 is 0 Å². The largest absolute Gasteiger partial charge is 0.346 e. The topological polar surface area (TPSA) is 52.6 Å². The second-order valence-electron chi connectivity index (χ2n) is 6.89. The summed E-state index contributed by atoms with van der Waals surface area (Å²) in [7, 11) is -3.44. The number of hydrogen-bond acceptors (Lipinski definition) is 3. The van der Waals surface area contributed by atoms with E-state index in [1.54, 1.807) is 6.08 Å². The van der Waals surface area contributed by atoms with Gasteiger partial charge in [-0.3, -0.25) is 0 Å². The van der Waals surface area contributed by atoms with Crippen molar-refractivity contribution in [1.82, 2.24) is 9.21 Å². The third kappa shape index (κ3) is 5.19. The number of hydrogen-bond donors (Lipinski definition) is 1. The predicted octanol–water partition coefficient (Wildman–Crippen LogP) is 3.62. The highest BCUT2D eigenvalue weighted by Crippen LogP contribution is 2.18. The molecule has 1 N–H and O–H groups in total. The lowest BCUT2D eigenvalue weighted by molar-refractivity contribution is 0.270. The smallest absolute Gasteiger partial charge is 0.236 e. The molecule has 3 rings (SSSR count). The van der Waals surface area contributed by atoms with Gasteiger partial charge in [-0.15, -0.1) is 0 Å². The van der Waals surface area contributed by atoms with Crippen molar-refractivity contribution in [3.8, 4) is 0 Å². The Kier molecular flexibility index (Phi) is 6.49. The molecule has 5 nitrogen and oxygen atoms in total. The molecule has 0 radical (unpaired) electrons. The SMILES string of the molecule is Cc1ccc(C)c(NC(=S)N2CCN(S(=O)(=O)/C=C/c3ccccc3)CC2)c1. The maximum absolute atomic E-state index is 12.6. The summed E-state index contributed by atoms with van der Waals surface area (Å²) in [5.41, 5.74) is 4.15. The van der Waals surface area contributed by atoms with Gasteiger partial charge in [-0.25, -0.2) is 8.42 Å². The van der Waals surface area contributed by atoms with Crippen LogP contribution in [-0.4, -0.2) is 48.9 Å². The van der Waals surface area contributed by atoms with E-state index in [9.17, 15) is 8.42 Å². The summed E-state index contributed by atoms with van der Waals surface area (Å²) < 4.78 is 26.7. The van der Waals surface area contributed by atoms with Crippen molar-refractivity contribution in [3.63, 3.8) is 0 Å². The quantitative estimate of drug-likeness (QED) is 0.773. The number of aryl methyl sites for hydroxylation is 2. The Morgan fingerprint density at radius 3 is 2.39 bits per heavy atom. The molecule has 0 aliphatic carbocycles. The molecule has 2 aromatic carbocycles. The number of rotatable bonds is 4. The van der Waals surface area contributed by atoms with Gasteiger partial charge in [-0.05, 0) is 54.9 Å². The van der Waals surface area contributed by atoms with E-state index in [1.807, 2.05) is 49.1 Å². The Balaban J connectivity index is 1.58. The summed E-state index contributed by atoms with van der Waals surface area (Å²) in [5.74, 6) is 0. The minimum atomic E-state index is -3.44. The number of nitrogens with one attached hydrogen (secondary N) is 1. The van der Waals surface area contributed by atoms with Crippen molar-refractivity contribution in [3.05, 3.63) is 70.6 Å². The van der Waals surface area contributed by atoms with Gasteiger partial charge in [0.25, 0.3) is 0 Å². The number of anilines is 1. The monoisotopic (exact) mass is 415 g/mol. The maximum Gasteiger partial charge on any atom is 0.236 e. The van der Waals surface area contributed by atoms with Gasteiger partial charge in [-0.2, -0.15) is 4.31 Å². The molecule has 1 aliphatic rings. The first kappa shape index (κ1) is 20.5. The Hall–Kier alpha value is -2.22. The summed E-state index contributed by atoms with van der Waals surface area (Å²) in [4.78, 5) is 2.02. The van der Waals surface area contributed by atoms with Crippen molar-refractivity contribution in [2.75, 3.05) is 31.5 Å². The second kappa shape index (κ2) is 8.86. The fraction of sp³-hybridized carbons (Fsp3) is 0.286. The number of piperazine rings is 1. The van der Waals surface area contributed by atoms with Crippen LogP contribution in [0.15, 0.2) is 53.9 Å². The highest BCUT2D eigenvalue weighted by molar-refractivity contribution is 7.92. The van der Waals surface area contributed by atoms with Crippen molar-refractivity contribution in [2.24, 2.45) is 0 Å². The Bertz CT molecular complexity index is 964. The Morgan fingerprint density at radius 1 is 1.04 bits per heavy atom. The first-order chi connectivity index (χ1) is 13.3. The van der Waals surface area contributed by atoms with E-state index in [2.05, 4.69) is 23.5 Å². The lowest BCUT2D eigenvalue weighted by Gasteiger charge is -2.35. The molecule has 0 bridgehead atoms. The predicted molar refractivity (Wildman–Crippen MR) is 120 cm³/mol. The summed E-state index contributed by atoms with van der Waals surface area (Å²) >= 11 is 5.54. The summed E-state index contributed by atoms with van der Waals surface area (Å²) in [6, 6.07) is 15.6. The molecule has 7 heteroatoms. The molecule has 148 valence electrons. The zero-order chi connectivity index (χ0) is 20.1. The van der Waals surface area contributed by atoms with Gasteiger partial charge in [0, 0.05) is 37.3 Å². The first-order valence-corrected chi connectivity index (χ1v) is 11.1. The van der Waals surface area contributed by atoms with Crippen LogP contribution in [0, 0.1) is 13.8 Å². The molecular formula is C21H25N3O2S2. The molecule has 1 aliphatic heterocycles. The van der Waals surface area contributed by atoms with Gasteiger partial charge in [-0.1, -0.05) is 42.5 Å². The number of nitrogens with zero attached hydrogens (tertiary/aromatic N) is 2. The molecule has 1 saturated heterocycles. The van der Waals surface area contributed by atoms with Crippen LogP contribution in [0.1, 0.15) is 16.7 Å². The molecular weight excluding hydrogens is 390 g/mol. The van der Waals surface area contributed by atoms with Crippen molar-refractivity contribution in [2.45, 2.75) is 13.8 Å². The van der Waals surface area contributed by atoms with Gasteiger partial charge in [0.05, 0.1) is 0 Å². The molecule has 0 saturated carbocycles. The Morgan fingerprint density at radius 2 is 1.71 bits per heavy atom. The standard InChI is InChI=1S/C21H25N3O2S2/c1-17-8-9-18(2)20(16-17)22-21(27)23-11-13-24(14-12-23)28(25,26)15-10-19-6-4-3-5-7-19/h3-10,15-16H,11-14H2,1-2H3,(H,22,27)/b15-10+. The van der Waals surface area contributed by atoms with Crippen molar-refractivity contribution < 1.29 is 8.42 Å². The van der Waals surface area contributed by atoms with Crippen molar-refractivity contribution >= 4 is 39.1 Å². The van der Waals surface area contributed by atoms with E-state index in [0.717, 1.165) is 22.4 Å². The van der Waals surface area contributed by atoms with E-state index in [1.165, 1.54) is 9.71 Å². The lowest BCUT2D eigenvalue weighted by atomic mass is 10.1. The van der Waals surface area contributed by atoms with Crippen LogP contribution in [0.3, 0.4) is 0 Å². The van der Waals surface area contributed by atoms with Crippen LogP contribution in [0.2, 0.25) is 0 Å². The molecule has 0 spiro atoms. The fourth-order valence-electron chi connectivity index (χ4n) is 3.03. The minimum absolute atomic E-state index is 0.413. The third-order valence-electron chi connectivity index (χ3n) is 4.75. The van der Waals surface area contributed by atoms with Crippen LogP contribution < -0.4 is 5.32 Å². The molecule has 0 unspecified atom stereocenters. The summed E-state index contributed by atoms with van der Waals surface area (Å²) in [6.07, 6.45) is 1.63. The molecule has 0 aromatic heterocycles. The van der Waals surface area contributed by atoms with E-state index in [4.69, 9.17) is 12.2 Å². The van der Waals surface area contributed by atoms with Crippen molar-refractivity contribution in [1.29, 1.82) is 0 Å². The summed E-state index contributed by atoms with van der Waals surface area (Å²) in [5, 5.41) is 5.21. The van der Waals surface area contributed by atoms with Crippen LogP contribution in [0.5, 0.6) is 0 Å². The molecule has 0 atom stereocenters. The summed E-state index contributed by atoms with van der Waals surface area (Å²) in [6.45, 7) is 6.03. The van der Waals surface area contributed by atoms with E-state index in [-0.39, 0.29) is 0 Å². The second-order valence-corrected chi connectivity index (χ2v) is 9.10. The van der Waals surface area contributed by atoms with Crippen LogP contribution in [-0.2, 0) is 10.0 Å². The molecule has 0 amide bonds. The normalized spacial score (nSPS) is 15.7. The van der Waals surface area contributed by atoms with E-state index < -0.39 is 10.0 Å². The highest BCUT2D eigenvalue weighted by Gasteiger charge is 2.26.